The Bertz CT molecular complexity index is 5820. The van der Waals surface area contributed by atoms with Crippen molar-refractivity contribution in [3.8, 4) is 78.4 Å². The van der Waals surface area contributed by atoms with E-state index in [1.165, 1.54) is 143 Å². The second kappa shape index (κ2) is 22.8. The highest BCUT2D eigenvalue weighted by molar-refractivity contribution is 6.26. The van der Waals surface area contributed by atoms with Crippen LogP contribution in [0.3, 0.4) is 0 Å². The number of aromatic nitrogens is 4. The minimum atomic E-state index is 1.16. The average molecular weight is 1200 g/mol. The van der Waals surface area contributed by atoms with E-state index in [4.69, 9.17) is 0 Å². The van der Waals surface area contributed by atoms with Gasteiger partial charge in [-0.15, -0.1) is 0 Å². The van der Waals surface area contributed by atoms with Crippen molar-refractivity contribution in [2.45, 2.75) is 0 Å². The molecule has 0 fully saturated rings. The third kappa shape index (κ3) is 9.22. The van der Waals surface area contributed by atoms with Gasteiger partial charge in [-0.3, -0.25) is 0 Å². The maximum Gasteiger partial charge on any atom is 0.0641 e. The third-order valence-corrected chi connectivity index (χ3v) is 19.1. The zero-order chi connectivity index (χ0) is 62.1. The van der Waals surface area contributed by atoms with Crippen molar-refractivity contribution in [1.29, 1.82) is 0 Å². The maximum atomic E-state index is 2.46. The summed E-state index contributed by atoms with van der Waals surface area (Å²) in [7, 11) is 0. The predicted molar refractivity (Wildman–Crippen MR) is 397 cm³/mol. The van der Waals surface area contributed by atoms with Crippen molar-refractivity contribution in [1.82, 2.24) is 18.3 Å². The normalized spacial score (nSPS) is 11.6. The number of fused-ring (bicyclic) bond motifs is 13. The van der Waals surface area contributed by atoms with Crippen molar-refractivity contribution in [3.05, 3.63) is 364 Å². The summed E-state index contributed by atoms with van der Waals surface area (Å²) in [5, 5.41) is 10.1. The second-order valence-electron chi connectivity index (χ2n) is 24.4. The fourth-order valence-electron chi connectivity index (χ4n) is 14.7. The lowest BCUT2D eigenvalue weighted by molar-refractivity contribution is 1.17. The van der Waals surface area contributed by atoms with E-state index in [-0.39, 0.29) is 0 Å². The molecule has 4 heterocycles. The first-order valence-corrected chi connectivity index (χ1v) is 32.3. The van der Waals surface area contributed by atoms with Crippen LogP contribution < -0.4 is 0 Å². The van der Waals surface area contributed by atoms with Gasteiger partial charge >= 0.3 is 0 Å². The average Bonchev–Trinajstić information content (AvgIpc) is 1.55. The van der Waals surface area contributed by atoms with Crippen LogP contribution >= 0.6 is 0 Å². The van der Waals surface area contributed by atoms with E-state index in [1.807, 2.05) is 0 Å². The zero-order valence-electron chi connectivity index (χ0n) is 51.4. The van der Waals surface area contributed by atoms with Gasteiger partial charge in [0.1, 0.15) is 0 Å². The fraction of sp³-hybridized carbons (Fsp3) is 0. The first-order chi connectivity index (χ1) is 46.6. The minimum absolute atomic E-state index is 1.16. The molecular weight excluding hydrogens is 1140 g/mol. The molecule has 0 aliphatic carbocycles. The van der Waals surface area contributed by atoms with Gasteiger partial charge in [0.05, 0.1) is 44.1 Å². The molecule has 19 rings (SSSR count). The Morgan fingerprint density at radius 3 is 0.755 bits per heavy atom. The van der Waals surface area contributed by atoms with Crippen LogP contribution in [-0.4, -0.2) is 18.3 Å². The van der Waals surface area contributed by atoms with Gasteiger partial charge in [-0.1, -0.05) is 261 Å². The molecule has 15 aromatic carbocycles. The van der Waals surface area contributed by atoms with Crippen LogP contribution in [-0.2, 0) is 0 Å². The molecule has 0 radical (unpaired) electrons. The lowest BCUT2D eigenvalue weighted by Crippen LogP contribution is -1.95. The number of rotatable bonds is 9. The number of hydrogen-bond acceptors (Lipinski definition) is 0. The summed E-state index contributed by atoms with van der Waals surface area (Å²) >= 11 is 0. The Kier molecular flexibility index (Phi) is 13.2. The van der Waals surface area contributed by atoms with E-state index < -0.39 is 0 Å². The van der Waals surface area contributed by atoms with E-state index in [0.717, 1.165) is 22.7 Å². The molecular formula is C90H60N4. The number of nitrogens with zero attached hydrogens (tertiary/aromatic N) is 4. The minimum Gasteiger partial charge on any atom is -0.309 e. The van der Waals surface area contributed by atoms with Crippen molar-refractivity contribution in [3.63, 3.8) is 0 Å². The summed E-state index contributed by atoms with van der Waals surface area (Å²) in [5.74, 6) is 0. The summed E-state index contributed by atoms with van der Waals surface area (Å²) in [6, 6.07) is 132. The molecule has 94 heavy (non-hydrogen) atoms. The number of hydrogen-bond donors (Lipinski definition) is 0. The highest BCUT2D eigenvalue weighted by Gasteiger charge is 2.22. The molecule has 0 bridgehead atoms. The molecule has 0 amide bonds. The molecule has 0 unspecified atom stereocenters. The van der Waals surface area contributed by atoms with Crippen LogP contribution in [0.5, 0.6) is 0 Å². The molecule has 19 aromatic rings. The summed E-state index contributed by atoms with van der Waals surface area (Å²) in [4.78, 5) is 0. The van der Waals surface area contributed by atoms with Crippen LogP contribution in [0.4, 0.5) is 0 Å². The van der Waals surface area contributed by atoms with E-state index in [1.54, 1.807) is 0 Å². The second-order valence-corrected chi connectivity index (χ2v) is 24.4. The third-order valence-electron chi connectivity index (χ3n) is 19.1. The summed E-state index contributed by atoms with van der Waals surface area (Å²) in [5.41, 5.74) is 26.6. The first-order valence-electron chi connectivity index (χ1n) is 32.3. The summed E-state index contributed by atoms with van der Waals surface area (Å²) in [6.45, 7) is 0. The standard InChI is InChI=1S/C48H32N2.C42H28N2/c1-3-11-33(12-4-1)35-19-25-39(26-20-35)49-45-17-9-7-15-41(45)43-31-37(23-29-47(43)49)38-24-30-48-44(32-38)42-16-8-10-18-46(42)50(48)40-27-21-36(22-28-40)34-13-5-2-6-14-34;1-3-11-29(12-4-1)31-19-23-33(24-20-31)43-39-18-10-8-16-37(39)41-40(43)28-27-36-35-15-7-9-17-38(35)44(42(36)41)34-25-21-32(22-26-34)30-13-5-2-6-14-30/h1-32H;1-28H. The predicted octanol–water partition coefficient (Wildman–Crippen LogP) is 24.1. The van der Waals surface area contributed by atoms with Gasteiger partial charge < -0.3 is 18.3 Å². The quantitative estimate of drug-likeness (QED) is 0.137. The lowest BCUT2D eigenvalue weighted by Gasteiger charge is -2.11. The molecule has 0 atom stereocenters. The van der Waals surface area contributed by atoms with Crippen LogP contribution in [0.1, 0.15) is 0 Å². The van der Waals surface area contributed by atoms with E-state index in [9.17, 15) is 0 Å². The van der Waals surface area contributed by atoms with Gasteiger partial charge in [-0.05, 0) is 159 Å². The lowest BCUT2D eigenvalue weighted by atomic mass is 10.0. The van der Waals surface area contributed by atoms with E-state index in [2.05, 4.69) is 382 Å². The Morgan fingerprint density at radius 1 is 0.138 bits per heavy atom. The monoisotopic (exact) mass is 1200 g/mol. The highest BCUT2D eigenvalue weighted by Crippen LogP contribution is 2.44. The SMILES string of the molecule is c1ccc(-c2ccc(-n3c4ccccc4c4c3ccc3c5ccccc5n(-c5ccc(-c6ccccc6)cc5)c34)cc2)cc1.c1ccc(-c2ccc(-n3c4ccccc4c4cc(-c5ccc6c(c5)c5ccccc5n6-c5ccc(-c6ccccc6)cc5)ccc43)cc2)cc1. The van der Waals surface area contributed by atoms with Crippen molar-refractivity contribution < 1.29 is 0 Å². The highest BCUT2D eigenvalue weighted by atomic mass is 15.0. The fourth-order valence-corrected chi connectivity index (χ4v) is 14.7. The molecule has 0 N–H and O–H groups in total. The van der Waals surface area contributed by atoms with Gasteiger partial charge in [0, 0.05) is 65.8 Å². The Hall–Kier alpha value is -12.5. The molecule has 4 aromatic heterocycles. The first kappa shape index (κ1) is 54.4. The van der Waals surface area contributed by atoms with Crippen LogP contribution in [0.25, 0.3) is 166 Å². The molecule has 0 saturated heterocycles. The topological polar surface area (TPSA) is 19.7 Å². The van der Waals surface area contributed by atoms with E-state index >= 15 is 0 Å². The molecule has 4 heteroatoms. The van der Waals surface area contributed by atoms with Gasteiger partial charge in [0.25, 0.3) is 0 Å². The van der Waals surface area contributed by atoms with Gasteiger partial charge in [-0.2, -0.15) is 0 Å². The van der Waals surface area contributed by atoms with Crippen molar-refractivity contribution in [2.75, 3.05) is 0 Å². The van der Waals surface area contributed by atoms with Crippen LogP contribution in [0.15, 0.2) is 364 Å². The van der Waals surface area contributed by atoms with Gasteiger partial charge in [0.2, 0.25) is 0 Å². The molecule has 0 spiro atoms. The van der Waals surface area contributed by atoms with Gasteiger partial charge in [-0.25, -0.2) is 0 Å². The molecule has 440 valence electrons. The smallest absolute Gasteiger partial charge is 0.0641 e. The van der Waals surface area contributed by atoms with Crippen LogP contribution in [0, 0.1) is 0 Å². The molecule has 0 aliphatic rings. The maximum absolute atomic E-state index is 2.46. The molecule has 4 nitrogen and oxygen atoms in total. The zero-order valence-corrected chi connectivity index (χ0v) is 51.4. The Morgan fingerprint density at radius 2 is 0.383 bits per heavy atom. The van der Waals surface area contributed by atoms with E-state index in [0.29, 0.717) is 0 Å². The van der Waals surface area contributed by atoms with Crippen molar-refractivity contribution in [2.24, 2.45) is 0 Å². The van der Waals surface area contributed by atoms with Crippen molar-refractivity contribution >= 4 is 87.2 Å². The number of benzene rings is 15. The molecule has 0 saturated carbocycles. The van der Waals surface area contributed by atoms with Gasteiger partial charge in [0.15, 0.2) is 0 Å². The molecule has 0 aliphatic heterocycles. The largest absolute Gasteiger partial charge is 0.309 e. The summed E-state index contributed by atoms with van der Waals surface area (Å²) in [6.07, 6.45) is 0. The summed E-state index contributed by atoms with van der Waals surface area (Å²) < 4.78 is 9.66. The Labute approximate surface area is 544 Å². The Balaban J connectivity index is 0.000000139. The van der Waals surface area contributed by atoms with Crippen LogP contribution in [0.2, 0.25) is 0 Å². The number of para-hydroxylation sites is 4.